The lowest BCUT2D eigenvalue weighted by Crippen LogP contribution is -2.39. The van der Waals surface area contributed by atoms with Crippen molar-refractivity contribution in [1.82, 2.24) is 14.9 Å². The number of amides is 1. The zero-order valence-electron chi connectivity index (χ0n) is 26.7. The third-order valence-electron chi connectivity index (χ3n) is 8.65. The van der Waals surface area contributed by atoms with Crippen LogP contribution in [0.2, 0.25) is 0 Å². The smallest absolute Gasteiger partial charge is 0.303 e. The first kappa shape index (κ1) is 32.1. The third kappa shape index (κ3) is 7.44. The lowest BCUT2D eigenvalue weighted by Gasteiger charge is -2.41. The number of fused-ring (bicyclic) bond motifs is 1. The Morgan fingerprint density at radius 3 is 2.40 bits per heavy atom. The van der Waals surface area contributed by atoms with Crippen molar-refractivity contribution in [2.75, 3.05) is 0 Å². The molecule has 1 aromatic heterocycles. The van der Waals surface area contributed by atoms with Gasteiger partial charge in [0.1, 0.15) is 0 Å². The summed E-state index contributed by atoms with van der Waals surface area (Å²) in [5, 5.41) is 12.4. The van der Waals surface area contributed by atoms with Gasteiger partial charge in [-0.25, -0.2) is 4.98 Å². The Hall–Kier alpha value is -4.83. The van der Waals surface area contributed by atoms with Gasteiger partial charge in [0.05, 0.1) is 42.7 Å². The second-order valence-corrected chi connectivity index (χ2v) is 12.0. The number of benzene rings is 4. The monoisotopic (exact) mass is 633 g/mol. The summed E-state index contributed by atoms with van der Waals surface area (Å²) in [7, 11) is 0. The maximum atomic E-state index is 12.3. The minimum Gasteiger partial charge on any atom is -0.453 e. The van der Waals surface area contributed by atoms with Crippen LogP contribution in [0, 0.1) is 5.92 Å². The number of hydrogen-bond donors (Lipinski definition) is 2. The standard InChI is InChI=1S/C38H39N3O6/c1-24-35(21-41-23-40-33-9-4-5-10-34(33)41)46-38(47-36(24)30-13-11-27(22-42)12-14-30)31-17-15-29(16-18-31)32-8-6-7-28(19-32)20-39-37(44)25(2)45-26(3)43/h4-19,23-25,35-36,38,42H,20-22H2,1-3H3,(H,39,44)/t24-,25+,35+,36+,38+/m1/s1. The highest BCUT2D eigenvalue weighted by atomic mass is 16.7. The Morgan fingerprint density at radius 1 is 0.915 bits per heavy atom. The van der Waals surface area contributed by atoms with E-state index >= 15 is 0 Å². The van der Waals surface area contributed by atoms with Crippen molar-refractivity contribution >= 4 is 22.9 Å². The van der Waals surface area contributed by atoms with Crippen LogP contribution in [0.4, 0.5) is 0 Å². The Morgan fingerprint density at radius 2 is 1.66 bits per heavy atom. The largest absolute Gasteiger partial charge is 0.453 e. The van der Waals surface area contributed by atoms with Crippen LogP contribution in [0.5, 0.6) is 0 Å². The Labute approximate surface area is 274 Å². The molecule has 5 aromatic rings. The summed E-state index contributed by atoms with van der Waals surface area (Å²) in [6.07, 6.45) is 0.0306. The molecule has 0 spiro atoms. The summed E-state index contributed by atoms with van der Waals surface area (Å²) in [4.78, 5) is 28.1. The van der Waals surface area contributed by atoms with Gasteiger partial charge in [-0.1, -0.05) is 85.8 Å². The summed E-state index contributed by atoms with van der Waals surface area (Å²) in [5.41, 5.74) is 7.72. The Balaban J connectivity index is 1.21. The minimum absolute atomic E-state index is 0.0113. The number of aliphatic hydroxyl groups excluding tert-OH is 1. The predicted molar refractivity (Wildman–Crippen MR) is 178 cm³/mol. The molecule has 5 atom stereocenters. The maximum absolute atomic E-state index is 12.3. The average molecular weight is 634 g/mol. The van der Waals surface area contributed by atoms with Gasteiger partial charge in [-0.15, -0.1) is 0 Å². The van der Waals surface area contributed by atoms with Gasteiger partial charge in [0, 0.05) is 24.9 Å². The third-order valence-corrected chi connectivity index (χ3v) is 8.65. The summed E-state index contributed by atoms with van der Waals surface area (Å²) in [5.74, 6) is -0.808. The van der Waals surface area contributed by atoms with Crippen LogP contribution < -0.4 is 5.32 Å². The van der Waals surface area contributed by atoms with Gasteiger partial charge in [0.2, 0.25) is 0 Å². The highest BCUT2D eigenvalue weighted by Gasteiger charge is 2.38. The van der Waals surface area contributed by atoms with E-state index in [1.165, 1.54) is 6.92 Å². The van der Waals surface area contributed by atoms with Crippen LogP contribution >= 0.6 is 0 Å². The quantitative estimate of drug-likeness (QED) is 0.175. The van der Waals surface area contributed by atoms with E-state index < -0.39 is 18.4 Å². The number of esters is 1. The zero-order valence-corrected chi connectivity index (χ0v) is 26.7. The second kappa shape index (κ2) is 14.3. The van der Waals surface area contributed by atoms with E-state index in [-0.39, 0.29) is 30.6 Å². The fourth-order valence-corrected chi connectivity index (χ4v) is 6.01. The first-order chi connectivity index (χ1) is 22.8. The van der Waals surface area contributed by atoms with Crippen molar-refractivity contribution in [3.63, 3.8) is 0 Å². The first-order valence-corrected chi connectivity index (χ1v) is 15.8. The number of imidazole rings is 1. The topological polar surface area (TPSA) is 112 Å². The van der Waals surface area contributed by atoms with Crippen LogP contribution in [0.15, 0.2) is 103 Å². The number of hydrogen-bond acceptors (Lipinski definition) is 7. The molecule has 0 unspecified atom stereocenters. The molecule has 9 nitrogen and oxygen atoms in total. The molecule has 1 aliphatic heterocycles. The van der Waals surface area contributed by atoms with Crippen LogP contribution in [0.1, 0.15) is 55.4 Å². The molecule has 2 heterocycles. The van der Waals surface area contributed by atoms with Crippen LogP contribution in [0.3, 0.4) is 0 Å². The molecular weight excluding hydrogens is 594 g/mol. The van der Waals surface area contributed by atoms with Gasteiger partial charge < -0.3 is 29.2 Å². The molecule has 0 aliphatic carbocycles. The normalized spacial score (nSPS) is 20.1. The van der Waals surface area contributed by atoms with Crippen molar-refractivity contribution in [2.24, 2.45) is 5.92 Å². The van der Waals surface area contributed by atoms with E-state index in [1.807, 2.05) is 97.3 Å². The fourth-order valence-electron chi connectivity index (χ4n) is 6.01. The maximum Gasteiger partial charge on any atom is 0.303 e. The van der Waals surface area contributed by atoms with Crippen molar-refractivity contribution in [2.45, 2.75) is 65.1 Å². The second-order valence-electron chi connectivity index (χ2n) is 12.0. The van der Waals surface area contributed by atoms with E-state index in [4.69, 9.17) is 14.2 Å². The number of nitrogens with one attached hydrogen (secondary N) is 1. The first-order valence-electron chi connectivity index (χ1n) is 15.8. The summed E-state index contributed by atoms with van der Waals surface area (Å²) in [6.45, 7) is 5.90. The number of nitrogens with zero attached hydrogens (tertiary/aromatic N) is 2. The predicted octanol–water partition coefficient (Wildman–Crippen LogP) is 6.26. The van der Waals surface area contributed by atoms with Crippen molar-refractivity contribution in [3.8, 4) is 11.1 Å². The van der Waals surface area contributed by atoms with Gasteiger partial charge in [0.25, 0.3) is 5.91 Å². The molecule has 2 N–H and O–H groups in total. The summed E-state index contributed by atoms with van der Waals surface area (Å²) >= 11 is 0. The van der Waals surface area contributed by atoms with E-state index in [0.717, 1.165) is 44.4 Å². The SMILES string of the molecule is CC(=O)O[C@@H](C)C(=O)NCc1cccc(-c2ccc([C@H]3O[C@@H](Cn4cnc5ccccc54)[C@@H](C)[C@@H](c4ccc(CO)cc4)O3)cc2)c1. The zero-order chi connectivity index (χ0) is 32.9. The van der Waals surface area contributed by atoms with Crippen molar-refractivity contribution in [3.05, 3.63) is 126 Å². The molecule has 0 bridgehead atoms. The molecule has 1 aliphatic rings. The molecule has 47 heavy (non-hydrogen) atoms. The molecule has 6 rings (SSSR count). The minimum atomic E-state index is -0.853. The molecule has 1 amide bonds. The van der Waals surface area contributed by atoms with E-state index in [9.17, 15) is 14.7 Å². The van der Waals surface area contributed by atoms with Crippen molar-refractivity contribution < 1.29 is 28.9 Å². The van der Waals surface area contributed by atoms with Gasteiger partial charge in [-0.3, -0.25) is 9.59 Å². The number of carbonyl (C=O) groups is 2. The molecule has 242 valence electrons. The molecule has 0 radical (unpaired) electrons. The van der Waals surface area contributed by atoms with Crippen LogP contribution in [0.25, 0.3) is 22.2 Å². The van der Waals surface area contributed by atoms with Crippen molar-refractivity contribution in [1.29, 1.82) is 0 Å². The number of aromatic nitrogens is 2. The van der Waals surface area contributed by atoms with Crippen LogP contribution in [-0.2, 0) is 43.5 Å². The summed E-state index contributed by atoms with van der Waals surface area (Å²) < 4.78 is 20.5. The number of carbonyl (C=O) groups excluding carboxylic acids is 2. The van der Waals surface area contributed by atoms with Gasteiger partial charge >= 0.3 is 5.97 Å². The number of ether oxygens (including phenoxy) is 3. The Kier molecular flexibility index (Phi) is 9.77. The molecule has 0 saturated carbocycles. The fraction of sp³-hybridized carbons (Fsp3) is 0.289. The Bertz CT molecular complexity index is 1830. The lowest BCUT2D eigenvalue weighted by molar-refractivity contribution is -0.276. The molecule has 1 saturated heterocycles. The van der Waals surface area contributed by atoms with E-state index in [2.05, 4.69) is 27.9 Å². The van der Waals surface area contributed by atoms with Gasteiger partial charge in [-0.2, -0.15) is 0 Å². The number of rotatable bonds is 10. The molecular formula is C38H39N3O6. The average Bonchev–Trinajstić information content (AvgIpc) is 3.50. The van der Waals surface area contributed by atoms with Gasteiger partial charge in [-0.05, 0) is 52.9 Å². The molecule has 4 aromatic carbocycles. The molecule has 1 fully saturated rings. The highest BCUT2D eigenvalue weighted by molar-refractivity contribution is 5.83. The molecule has 9 heteroatoms. The van der Waals surface area contributed by atoms with E-state index in [0.29, 0.717) is 13.1 Å². The number of para-hydroxylation sites is 2. The van der Waals surface area contributed by atoms with Gasteiger partial charge in [0.15, 0.2) is 12.4 Å². The van der Waals surface area contributed by atoms with Crippen LogP contribution in [-0.4, -0.2) is 38.7 Å². The summed E-state index contributed by atoms with van der Waals surface area (Å²) in [6, 6.07) is 32.1. The lowest BCUT2D eigenvalue weighted by atomic mass is 9.90. The number of aliphatic hydroxyl groups is 1. The highest BCUT2D eigenvalue weighted by Crippen LogP contribution is 2.42. The van der Waals surface area contributed by atoms with E-state index in [1.54, 1.807) is 6.92 Å².